The van der Waals surface area contributed by atoms with Gasteiger partial charge >= 0.3 is 0 Å². The zero-order valence-corrected chi connectivity index (χ0v) is 15.7. The van der Waals surface area contributed by atoms with Gasteiger partial charge in [-0.25, -0.2) is 0 Å². The molecule has 1 fully saturated rings. The van der Waals surface area contributed by atoms with Gasteiger partial charge in [0.1, 0.15) is 0 Å². The second-order valence-corrected chi connectivity index (χ2v) is 7.66. The first-order valence-electron chi connectivity index (χ1n) is 9.89. The van der Waals surface area contributed by atoms with Gasteiger partial charge in [-0.05, 0) is 60.0 Å². The molecule has 0 saturated carbocycles. The predicted molar refractivity (Wildman–Crippen MR) is 109 cm³/mol. The fourth-order valence-electron chi connectivity index (χ4n) is 4.50. The molecular formula is C24H22N2O2. The van der Waals surface area contributed by atoms with Gasteiger partial charge in [-0.1, -0.05) is 48.5 Å². The number of fused-ring (bicyclic) bond motifs is 2. The standard InChI is InChI=1S/C24H22N2O2/c27-23-20-11-1-2-12-21(20)24(28)26(23)16-19-10-6-8-17-7-5-9-18(22(17)19)15-25-13-3-4-14-25/h1-2,5-12H,3-4,13-16H2. The highest BCUT2D eigenvalue weighted by molar-refractivity contribution is 6.21. The summed E-state index contributed by atoms with van der Waals surface area (Å²) in [5, 5.41) is 2.33. The van der Waals surface area contributed by atoms with Crippen LogP contribution in [0.25, 0.3) is 10.8 Å². The molecule has 2 aliphatic rings. The van der Waals surface area contributed by atoms with Gasteiger partial charge in [-0.2, -0.15) is 0 Å². The zero-order chi connectivity index (χ0) is 19.1. The van der Waals surface area contributed by atoms with Crippen molar-refractivity contribution in [1.29, 1.82) is 0 Å². The van der Waals surface area contributed by atoms with Crippen molar-refractivity contribution in [3.8, 4) is 0 Å². The van der Waals surface area contributed by atoms with E-state index in [1.165, 1.54) is 28.7 Å². The van der Waals surface area contributed by atoms with E-state index >= 15 is 0 Å². The molecule has 4 heteroatoms. The van der Waals surface area contributed by atoms with Crippen molar-refractivity contribution in [2.75, 3.05) is 13.1 Å². The van der Waals surface area contributed by atoms with Crippen molar-refractivity contribution in [2.45, 2.75) is 25.9 Å². The smallest absolute Gasteiger partial charge is 0.261 e. The Balaban J connectivity index is 1.53. The lowest BCUT2D eigenvalue weighted by Crippen LogP contribution is -2.29. The molecule has 28 heavy (non-hydrogen) atoms. The van der Waals surface area contributed by atoms with Crippen molar-refractivity contribution in [3.63, 3.8) is 0 Å². The Morgan fingerprint density at radius 2 is 1.25 bits per heavy atom. The van der Waals surface area contributed by atoms with E-state index in [9.17, 15) is 9.59 Å². The average molecular weight is 370 g/mol. The highest BCUT2D eigenvalue weighted by Crippen LogP contribution is 2.29. The van der Waals surface area contributed by atoms with Gasteiger partial charge in [-0.15, -0.1) is 0 Å². The number of amides is 2. The van der Waals surface area contributed by atoms with E-state index in [0.717, 1.165) is 30.6 Å². The topological polar surface area (TPSA) is 40.6 Å². The lowest BCUT2D eigenvalue weighted by atomic mass is 9.98. The molecule has 2 amide bonds. The second-order valence-electron chi connectivity index (χ2n) is 7.66. The highest BCUT2D eigenvalue weighted by Gasteiger charge is 2.35. The number of rotatable bonds is 4. The third-order valence-corrected chi connectivity index (χ3v) is 5.88. The zero-order valence-electron chi connectivity index (χ0n) is 15.7. The van der Waals surface area contributed by atoms with E-state index in [1.807, 2.05) is 12.1 Å². The van der Waals surface area contributed by atoms with E-state index in [-0.39, 0.29) is 11.8 Å². The summed E-state index contributed by atoms with van der Waals surface area (Å²) in [7, 11) is 0. The Labute approximate surface area is 164 Å². The summed E-state index contributed by atoms with van der Waals surface area (Å²) >= 11 is 0. The summed E-state index contributed by atoms with van der Waals surface area (Å²) in [4.78, 5) is 29.5. The summed E-state index contributed by atoms with van der Waals surface area (Å²) in [5.74, 6) is -0.399. The highest BCUT2D eigenvalue weighted by atomic mass is 16.2. The quantitative estimate of drug-likeness (QED) is 0.645. The van der Waals surface area contributed by atoms with Crippen LogP contribution in [0.5, 0.6) is 0 Å². The molecule has 2 heterocycles. The molecule has 5 rings (SSSR count). The Bertz CT molecular complexity index is 1040. The Hall–Kier alpha value is -2.98. The molecule has 3 aromatic carbocycles. The number of imide groups is 1. The summed E-state index contributed by atoms with van der Waals surface area (Å²) in [6.07, 6.45) is 2.51. The maximum atomic E-state index is 12.8. The monoisotopic (exact) mass is 370 g/mol. The number of benzene rings is 3. The second kappa shape index (κ2) is 6.88. The predicted octanol–water partition coefficient (Wildman–Crippen LogP) is 4.23. The van der Waals surface area contributed by atoms with Gasteiger partial charge in [0.15, 0.2) is 0 Å². The van der Waals surface area contributed by atoms with Crippen LogP contribution in [0.2, 0.25) is 0 Å². The van der Waals surface area contributed by atoms with Crippen LogP contribution in [0.3, 0.4) is 0 Å². The van der Waals surface area contributed by atoms with E-state index in [4.69, 9.17) is 0 Å². The number of hydrogen-bond donors (Lipinski definition) is 0. The SMILES string of the molecule is O=C1c2ccccc2C(=O)N1Cc1cccc2cccc(CN3CCCC3)c12. The minimum absolute atomic E-state index is 0.199. The molecule has 1 saturated heterocycles. The fraction of sp³-hybridized carbons (Fsp3) is 0.250. The van der Waals surface area contributed by atoms with Gasteiger partial charge in [-0.3, -0.25) is 19.4 Å². The number of carbonyl (C=O) groups excluding carboxylic acids is 2. The van der Waals surface area contributed by atoms with E-state index < -0.39 is 0 Å². The van der Waals surface area contributed by atoms with E-state index in [2.05, 4.69) is 29.2 Å². The third-order valence-electron chi connectivity index (χ3n) is 5.88. The van der Waals surface area contributed by atoms with Crippen molar-refractivity contribution >= 4 is 22.6 Å². The molecule has 0 atom stereocenters. The van der Waals surface area contributed by atoms with Crippen LogP contribution >= 0.6 is 0 Å². The molecule has 0 N–H and O–H groups in total. The molecule has 140 valence electrons. The number of carbonyl (C=O) groups is 2. The molecule has 0 unspecified atom stereocenters. The van der Waals surface area contributed by atoms with Crippen LogP contribution in [0, 0.1) is 0 Å². The number of nitrogens with zero attached hydrogens (tertiary/aromatic N) is 2. The van der Waals surface area contributed by atoms with Gasteiger partial charge in [0.05, 0.1) is 17.7 Å². The average Bonchev–Trinajstić information content (AvgIpc) is 3.31. The van der Waals surface area contributed by atoms with Gasteiger partial charge in [0, 0.05) is 6.54 Å². The van der Waals surface area contributed by atoms with Crippen LogP contribution in [0.1, 0.15) is 44.7 Å². The van der Waals surface area contributed by atoms with Crippen molar-refractivity contribution in [1.82, 2.24) is 9.80 Å². The lowest BCUT2D eigenvalue weighted by molar-refractivity contribution is 0.0643. The molecule has 0 aromatic heterocycles. The number of likely N-dealkylation sites (tertiary alicyclic amines) is 1. The molecule has 0 aliphatic carbocycles. The summed E-state index contributed by atoms with van der Waals surface area (Å²) in [6.45, 7) is 3.49. The van der Waals surface area contributed by atoms with Crippen LogP contribution in [-0.2, 0) is 13.1 Å². The van der Waals surface area contributed by atoms with Crippen molar-refractivity contribution in [3.05, 3.63) is 82.9 Å². The summed E-state index contributed by atoms with van der Waals surface area (Å²) in [5.41, 5.74) is 3.31. The summed E-state index contributed by atoms with van der Waals surface area (Å²) < 4.78 is 0. The van der Waals surface area contributed by atoms with Crippen LogP contribution in [0.4, 0.5) is 0 Å². The van der Waals surface area contributed by atoms with Crippen molar-refractivity contribution < 1.29 is 9.59 Å². The lowest BCUT2D eigenvalue weighted by Gasteiger charge is -2.20. The molecule has 3 aromatic rings. The van der Waals surface area contributed by atoms with Crippen LogP contribution in [0.15, 0.2) is 60.7 Å². The molecule has 0 bridgehead atoms. The minimum atomic E-state index is -0.199. The maximum Gasteiger partial charge on any atom is 0.261 e. The largest absolute Gasteiger partial charge is 0.299 e. The minimum Gasteiger partial charge on any atom is -0.299 e. The molecular weight excluding hydrogens is 348 g/mol. The number of hydrogen-bond acceptors (Lipinski definition) is 3. The normalized spacial score (nSPS) is 16.9. The molecule has 2 aliphatic heterocycles. The van der Waals surface area contributed by atoms with Gasteiger partial charge < -0.3 is 0 Å². The Morgan fingerprint density at radius 1 is 0.679 bits per heavy atom. The Morgan fingerprint density at radius 3 is 1.86 bits per heavy atom. The molecule has 0 spiro atoms. The third kappa shape index (κ3) is 2.81. The first-order valence-corrected chi connectivity index (χ1v) is 9.89. The van der Waals surface area contributed by atoms with Crippen LogP contribution < -0.4 is 0 Å². The summed E-state index contributed by atoms with van der Waals surface area (Å²) in [6, 6.07) is 19.6. The molecule has 0 radical (unpaired) electrons. The van der Waals surface area contributed by atoms with Gasteiger partial charge in [0.2, 0.25) is 0 Å². The van der Waals surface area contributed by atoms with Crippen molar-refractivity contribution in [2.24, 2.45) is 0 Å². The Kier molecular flexibility index (Phi) is 4.21. The first kappa shape index (κ1) is 17.1. The van der Waals surface area contributed by atoms with E-state index in [0.29, 0.717) is 17.7 Å². The molecule has 4 nitrogen and oxygen atoms in total. The fourth-order valence-corrected chi connectivity index (χ4v) is 4.50. The van der Waals surface area contributed by atoms with Gasteiger partial charge in [0.25, 0.3) is 11.8 Å². The van der Waals surface area contributed by atoms with E-state index in [1.54, 1.807) is 24.3 Å². The maximum absolute atomic E-state index is 12.8. The first-order chi connectivity index (χ1) is 13.7. The van der Waals surface area contributed by atoms with Crippen LogP contribution in [-0.4, -0.2) is 34.7 Å².